The molecule has 1 N–H and O–H groups in total. The van der Waals surface area contributed by atoms with E-state index in [0.717, 1.165) is 18.7 Å². The molecule has 2 aromatic carbocycles. The molecule has 102 valence electrons. The molecule has 0 aromatic heterocycles. The van der Waals surface area contributed by atoms with Gasteiger partial charge in [0.2, 0.25) is 0 Å². The molecule has 3 rings (SSSR count). The van der Waals surface area contributed by atoms with E-state index in [1.807, 2.05) is 18.2 Å². The topological polar surface area (TPSA) is 66.6 Å². The van der Waals surface area contributed by atoms with Crippen LogP contribution in [0.5, 0.6) is 5.75 Å². The SMILES string of the molecule is O=[N+]([O-])c1ccc(O)c(CN2CCc3ccccc32)c1. The average Bonchev–Trinajstić information content (AvgIpc) is 2.84. The molecule has 0 amide bonds. The van der Waals surface area contributed by atoms with Crippen molar-refractivity contribution >= 4 is 11.4 Å². The highest BCUT2D eigenvalue weighted by Crippen LogP contribution is 2.31. The Morgan fingerprint density at radius 1 is 1.25 bits per heavy atom. The van der Waals surface area contributed by atoms with Crippen molar-refractivity contribution in [3.05, 3.63) is 63.7 Å². The van der Waals surface area contributed by atoms with Crippen LogP contribution in [0.4, 0.5) is 11.4 Å². The molecule has 2 aromatic rings. The van der Waals surface area contributed by atoms with E-state index in [4.69, 9.17) is 0 Å². The Balaban J connectivity index is 1.89. The number of para-hydroxylation sites is 1. The number of rotatable bonds is 3. The molecule has 0 unspecified atom stereocenters. The lowest BCUT2D eigenvalue weighted by Gasteiger charge is -2.19. The lowest BCUT2D eigenvalue weighted by Crippen LogP contribution is -2.19. The highest BCUT2D eigenvalue weighted by atomic mass is 16.6. The minimum atomic E-state index is -0.444. The minimum absolute atomic E-state index is 0.00489. The summed E-state index contributed by atoms with van der Waals surface area (Å²) in [6.07, 6.45) is 0.964. The van der Waals surface area contributed by atoms with Gasteiger partial charge >= 0.3 is 0 Å². The van der Waals surface area contributed by atoms with Crippen LogP contribution in [0, 0.1) is 10.1 Å². The first kappa shape index (κ1) is 12.5. The number of hydrogen-bond acceptors (Lipinski definition) is 4. The van der Waals surface area contributed by atoms with Crippen LogP contribution in [0.3, 0.4) is 0 Å². The Morgan fingerprint density at radius 3 is 2.85 bits per heavy atom. The summed E-state index contributed by atoms with van der Waals surface area (Å²) < 4.78 is 0. The Labute approximate surface area is 116 Å². The molecule has 5 heteroatoms. The van der Waals surface area contributed by atoms with Gasteiger partial charge in [0.1, 0.15) is 5.75 Å². The van der Waals surface area contributed by atoms with Crippen molar-refractivity contribution in [2.45, 2.75) is 13.0 Å². The summed E-state index contributed by atoms with van der Waals surface area (Å²) in [6, 6.07) is 12.2. The lowest BCUT2D eigenvalue weighted by atomic mass is 10.1. The average molecular weight is 270 g/mol. The molecular formula is C15H14N2O3. The highest BCUT2D eigenvalue weighted by Gasteiger charge is 2.20. The van der Waals surface area contributed by atoms with Gasteiger partial charge in [-0.2, -0.15) is 0 Å². The van der Waals surface area contributed by atoms with E-state index in [1.165, 1.54) is 23.8 Å². The van der Waals surface area contributed by atoms with E-state index in [2.05, 4.69) is 11.0 Å². The highest BCUT2D eigenvalue weighted by molar-refractivity contribution is 5.59. The third kappa shape index (κ3) is 2.18. The number of aromatic hydroxyl groups is 1. The molecule has 0 bridgehead atoms. The van der Waals surface area contributed by atoms with Crippen LogP contribution in [0.25, 0.3) is 0 Å². The monoisotopic (exact) mass is 270 g/mol. The number of phenolic OH excluding ortho intramolecular Hbond substituents is 1. The van der Waals surface area contributed by atoms with E-state index in [-0.39, 0.29) is 11.4 Å². The van der Waals surface area contributed by atoms with Gasteiger partial charge in [-0.15, -0.1) is 0 Å². The van der Waals surface area contributed by atoms with Crippen LogP contribution in [0.1, 0.15) is 11.1 Å². The summed E-state index contributed by atoms with van der Waals surface area (Å²) in [5, 5.41) is 20.7. The normalized spacial score (nSPS) is 13.3. The molecule has 1 heterocycles. The molecule has 0 spiro atoms. The summed E-state index contributed by atoms with van der Waals surface area (Å²) >= 11 is 0. The zero-order valence-corrected chi connectivity index (χ0v) is 10.8. The van der Waals surface area contributed by atoms with Crippen LogP contribution in [0.2, 0.25) is 0 Å². The number of anilines is 1. The molecule has 0 aliphatic carbocycles. The van der Waals surface area contributed by atoms with Gasteiger partial charge in [0.05, 0.1) is 4.92 Å². The van der Waals surface area contributed by atoms with Crippen LogP contribution in [-0.2, 0) is 13.0 Å². The van der Waals surface area contributed by atoms with Gasteiger partial charge in [0.15, 0.2) is 0 Å². The number of hydrogen-bond donors (Lipinski definition) is 1. The van der Waals surface area contributed by atoms with Gasteiger partial charge in [-0.3, -0.25) is 10.1 Å². The summed E-state index contributed by atoms with van der Waals surface area (Å²) in [6.45, 7) is 1.34. The van der Waals surface area contributed by atoms with Gasteiger partial charge in [-0.25, -0.2) is 0 Å². The molecule has 20 heavy (non-hydrogen) atoms. The molecule has 5 nitrogen and oxygen atoms in total. The second-order valence-electron chi connectivity index (χ2n) is 4.87. The summed E-state index contributed by atoms with van der Waals surface area (Å²) in [4.78, 5) is 12.5. The number of non-ortho nitro benzene ring substituents is 1. The predicted octanol–water partition coefficient (Wildman–Crippen LogP) is 2.86. The minimum Gasteiger partial charge on any atom is -0.508 e. The smallest absolute Gasteiger partial charge is 0.270 e. The number of nitro benzene ring substituents is 1. The van der Waals surface area contributed by atoms with Crippen LogP contribution >= 0.6 is 0 Å². The summed E-state index contributed by atoms with van der Waals surface area (Å²) in [5.74, 6) is 0.0972. The molecule has 0 radical (unpaired) electrons. The molecule has 1 aliphatic heterocycles. The third-order valence-corrected chi connectivity index (χ3v) is 3.62. The molecule has 0 saturated carbocycles. The van der Waals surface area contributed by atoms with Crippen LogP contribution < -0.4 is 4.90 Å². The number of phenols is 1. The van der Waals surface area contributed by atoms with Gasteiger partial charge < -0.3 is 10.0 Å². The Hall–Kier alpha value is -2.56. The van der Waals surface area contributed by atoms with Crippen molar-refractivity contribution in [1.29, 1.82) is 0 Å². The number of nitrogens with zero attached hydrogens (tertiary/aromatic N) is 2. The fraction of sp³-hybridized carbons (Fsp3) is 0.200. The first-order valence-corrected chi connectivity index (χ1v) is 6.44. The zero-order chi connectivity index (χ0) is 14.1. The van der Waals surface area contributed by atoms with Crippen molar-refractivity contribution in [2.75, 3.05) is 11.4 Å². The number of benzene rings is 2. The van der Waals surface area contributed by atoms with E-state index < -0.39 is 4.92 Å². The van der Waals surface area contributed by atoms with E-state index >= 15 is 0 Å². The predicted molar refractivity (Wildman–Crippen MR) is 76.0 cm³/mol. The summed E-state index contributed by atoms with van der Waals surface area (Å²) in [7, 11) is 0. The van der Waals surface area contributed by atoms with E-state index in [0.29, 0.717) is 12.1 Å². The zero-order valence-electron chi connectivity index (χ0n) is 10.8. The third-order valence-electron chi connectivity index (χ3n) is 3.62. The second-order valence-corrected chi connectivity index (χ2v) is 4.87. The largest absolute Gasteiger partial charge is 0.508 e. The number of nitro groups is 1. The van der Waals surface area contributed by atoms with Gasteiger partial charge in [-0.05, 0) is 24.1 Å². The molecule has 0 atom stereocenters. The van der Waals surface area contributed by atoms with Crippen molar-refractivity contribution in [2.24, 2.45) is 0 Å². The Morgan fingerprint density at radius 2 is 2.05 bits per heavy atom. The maximum Gasteiger partial charge on any atom is 0.270 e. The molecule has 1 aliphatic rings. The molecule has 0 fully saturated rings. The standard InChI is InChI=1S/C15H14N2O3/c18-15-6-5-13(17(19)20)9-12(15)10-16-8-7-11-3-1-2-4-14(11)16/h1-6,9,18H,7-8,10H2. The quantitative estimate of drug-likeness (QED) is 0.688. The van der Waals surface area contributed by atoms with E-state index in [9.17, 15) is 15.2 Å². The second kappa shape index (κ2) is 4.85. The van der Waals surface area contributed by atoms with Gasteiger partial charge in [0, 0.05) is 36.5 Å². The Kier molecular flexibility index (Phi) is 3.02. The maximum atomic E-state index is 10.8. The van der Waals surface area contributed by atoms with Crippen molar-refractivity contribution < 1.29 is 10.0 Å². The fourth-order valence-corrected chi connectivity index (χ4v) is 2.59. The van der Waals surface area contributed by atoms with Crippen molar-refractivity contribution in [3.8, 4) is 5.75 Å². The first-order valence-electron chi connectivity index (χ1n) is 6.44. The summed E-state index contributed by atoms with van der Waals surface area (Å²) in [5.41, 5.74) is 3.00. The van der Waals surface area contributed by atoms with E-state index in [1.54, 1.807) is 0 Å². The molecular weight excluding hydrogens is 256 g/mol. The van der Waals surface area contributed by atoms with Crippen molar-refractivity contribution in [3.63, 3.8) is 0 Å². The maximum absolute atomic E-state index is 10.8. The fourth-order valence-electron chi connectivity index (χ4n) is 2.59. The Bertz CT molecular complexity index is 670. The number of fused-ring (bicyclic) bond motifs is 1. The van der Waals surface area contributed by atoms with Gasteiger partial charge in [0.25, 0.3) is 5.69 Å². The van der Waals surface area contributed by atoms with Crippen molar-refractivity contribution in [1.82, 2.24) is 0 Å². The van der Waals surface area contributed by atoms with Crippen LogP contribution in [-0.4, -0.2) is 16.6 Å². The first-order chi connectivity index (χ1) is 9.65. The molecule has 0 saturated heterocycles. The lowest BCUT2D eigenvalue weighted by molar-refractivity contribution is -0.384. The van der Waals surface area contributed by atoms with Gasteiger partial charge in [-0.1, -0.05) is 18.2 Å². The van der Waals surface area contributed by atoms with Crippen LogP contribution in [0.15, 0.2) is 42.5 Å².